The molecular formula is C19H22N2O3. The normalized spacial score (nSPS) is 20.6. The number of ketones is 1. The summed E-state index contributed by atoms with van der Waals surface area (Å²) < 4.78 is 5.25. The number of nitrogens with zero attached hydrogens (tertiary/aromatic N) is 1. The molecule has 126 valence electrons. The molecule has 1 N–H and O–H groups in total. The molecule has 1 aliphatic carbocycles. The van der Waals surface area contributed by atoms with Crippen LogP contribution in [0.2, 0.25) is 0 Å². The van der Waals surface area contributed by atoms with E-state index in [0.29, 0.717) is 24.2 Å². The first-order valence-electron chi connectivity index (χ1n) is 8.37. The molecule has 0 radical (unpaired) electrons. The van der Waals surface area contributed by atoms with Gasteiger partial charge in [0.2, 0.25) is 0 Å². The van der Waals surface area contributed by atoms with Crippen LogP contribution >= 0.6 is 0 Å². The Bertz CT molecular complexity index is 762. The first-order chi connectivity index (χ1) is 11.5. The van der Waals surface area contributed by atoms with Gasteiger partial charge in [0.1, 0.15) is 0 Å². The number of carbonyl (C=O) groups is 2. The fourth-order valence-corrected chi connectivity index (χ4v) is 3.48. The van der Waals surface area contributed by atoms with E-state index in [0.717, 1.165) is 35.6 Å². The second-order valence-electron chi connectivity index (χ2n) is 6.19. The van der Waals surface area contributed by atoms with Crippen LogP contribution in [0.25, 0.3) is 0 Å². The fourth-order valence-electron chi connectivity index (χ4n) is 3.48. The number of allylic oxidation sites excluding steroid dienone is 3. The number of esters is 1. The Morgan fingerprint density at radius 3 is 2.83 bits per heavy atom. The van der Waals surface area contributed by atoms with E-state index in [1.807, 2.05) is 32.0 Å². The number of pyridine rings is 1. The third kappa shape index (κ3) is 2.86. The van der Waals surface area contributed by atoms with Crippen LogP contribution in [0, 0.1) is 6.92 Å². The summed E-state index contributed by atoms with van der Waals surface area (Å²) in [7, 11) is 0. The number of aryl methyl sites for hydroxylation is 1. The lowest BCUT2D eigenvalue weighted by molar-refractivity contribution is -0.138. The number of Topliss-reactive ketones (excluding diaryl/α,β-unsaturated/α-hetero) is 1. The van der Waals surface area contributed by atoms with E-state index >= 15 is 0 Å². The molecule has 0 amide bonds. The molecule has 0 spiro atoms. The second kappa shape index (κ2) is 6.59. The fraction of sp³-hybridized carbons (Fsp3) is 0.421. The largest absolute Gasteiger partial charge is 0.463 e. The number of nitrogens with one attached hydrogen (secondary N) is 1. The molecule has 0 aromatic carbocycles. The van der Waals surface area contributed by atoms with E-state index in [1.54, 1.807) is 6.92 Å². The van der Waals surface area contributed by atoms with Crippen molar-refractivity contribution in [2.24, 2.45) is 0 Å². The van der Waals surface area contributed by atoms with E-state index in [1.165, 1.54) is 0 Å². The standard InChI is InChI=1S/C19H22N2O3/c1-4-24-19(23)16-12(3)21-13-9-6-10-15(22)17(13)18(16)14-8-5-7-11(2)20-14/h5,7-8,18,21H,4,6,9-10H2,1-3H3. The summed E-state index contributed by atoms with van der Waals surface area (Å²) in [5.74, 6) is -0.750. The van der Waals surface area contributed by atoms with Gasteiger partial charge in [-0.15, -0.1) is 0 Å². The number of aromatic nitrogens is 1. The SMILES string of the molecule is CCOC(=O)C1=C(C)NC2=C(C(=O)CCC2)C1c1cccc(C)n1. The van der Waals surface area contributed by atoms with E-state index in [2.05, 4.69) is 10.3 Å². The van der Waals surface area contributed by atoms with Gasteiger partial charge in [-0.25, -0.2) is 4.79 Å². The lowest BCUT2D eigenvalue weighted by Gasteiger charge is -2.33. The number of ether oxygens (including phenoxy) is 1. The van der Waals surface area contributed by atoms with Gasteiger partial charge in [0, 0.05) is 29.1 Å². The lowest BCUT2D eigenvalue weighted by atomic mass is 9.77. The smallest absolute Gasteiger partial charge is 0.336 e. The molecule has 2 aliphatic rings. The summed E-state index contributed by atoms with van der Waals surface area (Å²) in [6.45, 7) is 5.84. The lowest BCUT2D eigenvalue weighted by Crippen LogP contribution is -2.34. The van der Waals surface area contributed by atoms with Crippen molar-refractivity contribution in [1.82, 2.24) is 10.3 Å². The molecule has 3 rings (SSSR count). The minimum absolute atomic E-state index is 0.0892. The molecule has 1 aliphatic heterocycles. The van der Waals surface area contributed by atoms with Crippen LogP contribution < -0.4 is 5.32 Å². The Balaban J connectivity index is 2.17. The molecule has 5 nitrogen and oxygen atoms in total. The molecular weight excluding hydrogens is 304 g/mol. The minimum Gasteiger partial charge on any atom is -0.463 e. The number of rotatable bonds is 3. The molecule has 1 aromatic heterocycles. The summed E-state index contributed by atoms with van der Waals surface area (Å²) in [5, 5.41) is 3.26. The maximum Gasteiger partial charge on any atom is 0.336 e. The van der Waals surface area contributed by atoms with Gasteiger partial charge in [0.15, 0.2) is 5.78 Å². The van der Waals surface area contributed by atoms with Crippen molar-refractivity contribution < 1.29 is 14.3 Å². The Hall–Kier alpha value is -2.43. The van der Waals surface area contributed by atoms with E-state index in [4.69, 9.17) is 4.74 Å². The van der Waals surface area contributed by atoms with Crippen molar-refractivity contribution in [3.05, 3.63) is 52.1 Å². The van der Waals surface area contributed by atoms with Crippen molar-refractivity contribution in [3.63, 3.8) is 0 Å². The Kier molecular flexibility index (Phi) is 4.51. The average molecular weight is 326 g/mol. The number of dihydropyridines is 1. The van der Waals surface area contributed by atoms with Crippen molar-refractivity contribution in [2.45, 2.75) is 46.0 Å². The second-order valence-corrected chi connectivity index (χ2v) is 6.19. The average Bonchev–Trinajstić information content (AvgIpc) is 2.54. The summed E-state index contributed by atoms with van der Waals surface area (Å²) in [5.41, 5.74) is 4.41. The Morgan fingerprint density at radius 2 is 2.12 bits per heavy atom. The van der Waals surface area contributed by atoms with Crippen LogP contribution in [0.15, 0.2) is 40.7 Å². The highest BCUT2D eigenvalue weighted by Gasteiger charge is 2.39. The zero-order valence-electron chi connectivity index (χ0n) is 14.3. The molecule has 24 heavy (non-hydrogen) atoms. The predicted octanol–water partition coefficient (Wildman–Crippen LogP) is 2.92. The maximum absolute atomic E-state index is 12.6. The highest BCUT2D eigenvalue weighted by molar-refractivity contribution is 6.03. The maximum atomic E-state index is 12.6. The summed E-state index contributed by atoms with van der Waals surface area (Å²) in [4.78, 5) is 29.8. The Morgan fingerprint density at radius 1 is 1.33 bits per heavy atom. The van der Waals surface area contributed by atoms with Gasteiger partial charge in [0.25, 0.3) is 0 Å². The van der Waals surface area contributed by atoms with Crippen LogP contribution in [0.1, 0.15) is 50.4 Å². The van der Waals surface area contributed by atoms with Crippen molar-refractivity contribution in [2.75, 3.05) is 6.61 Å². The van der Waals surface area contributed by atoms with Crippen molar-refractivity contribution in [3.8, 4) is 0 Å². The van der Waals surface area contributed by atoms with Crippen LogP contribution in [-0.2, 0) is 14.3 Å². The van der Waals surface area contributed by atoms with Gasteiger partial charge in [-0.05, 0) is 45.7 Å². The summed E-state index contributed by atoms with van der Waals surface area (Å²) in [6, 6.07) is 5.69. The number of hydrogen-bond acceptors (Lipinski definition) is 5. The van der Waals surface area contributed by atoms with Crippen LogP contribution in [0.3, 0.4) is 0 Å². The molecule has 1 aromatic rings. The third-order valence-corrected chi connectivity index (χ3v) is 4.48. The first-order valence-corrected chi connectivity index (χ1v) is 8.37. The summed E-state index contributed by atoms with van der Waals surface area (Å²) >= 11 is 0. The monoisotopic (exact) mass is 326 g/mol. The molecule has 0 bridgehead atoms. The molecule has 1 atom stereocenters. The molecule has 0 saturated carbocycles. The zero-order valence-corrected chi connectivity index (χ0v) is 14.3. The quantitative estimate of drug-likeness (QED) is 0.865. The minimum atomic E-state index is -0.451. The summed E-state index contributed by atoms with van der Waals surface area (Å²) in [6.07, 6.45) is 2.16. The highest BCUT2D eigenvalue weighted by Crippen LogP contribution is 2.41. The van der Waals surface area contributed by atoms with Gasteiger partial charge in [0.05, 0.1) is 23.8 Å². The van der Waals surface area contributed by atoms with Crippen LogP contribution in [0.4, 0.5) is 0 Å². The van der Waals surface area contributed by atoms with Gasteiger partial charge in [-0.3, -0.25) is 9.78 Å². The van der Waals surface area contributed by atoms with Gasteiger partial charge < -0.3 is 10.1 Å². The predicted molar refractivity (Wildman–Crippen MR) is 90.1 cm³/mol. The van der Waals surface area contributed by atoms with Gasteiger partial charge in [-0.2, -0.15) is 0 Å². The molecule has 0 fully saturated rings. The van der Waals surface area contributed by atoms with Crippen LogP contribution in [0.5, 0.6) is 0 Å². The topological polar surface area (TPSA) is 68.3 Å². The van der Waals surface area contributed by atoms with Crippen LogP contribution in [-0.4, -0.2) is 23.3 Å². The third-order valence-electron chi connectivity index (χ3n) is 4.48. The number of hydrogen-bond donors (Lipinski definition) is 1. The molecule has 2 heterocycles. The molecule has 5 heteroatoms. The van der Waals surface area contributed by atoms with Gasteiger partial charge >= 0.3 is 5.97 Å². The molecule has 0 saturated heterocycles. The van der Waals surface area contributed by atoms with E-state index in [9.17, 15) is 9.59 Å². The van der Waals surface area contributed by atoms with E-state index < -0.39 is 5.92 Å². The van der Waals surface area contributed by atoms with Gasteiger partial charge in [-0.1, -0.05) is 6.07 Å². The van der Waals surface area contributed by atoms with E-state index in [-0.39, 0.29) is 11.8 Å². The molecule has 1 unspecified atom stereocenters. The van der Waals surface area contributed by atoms with Crippen molar-refractivity contribution >= 4 is 11.8 Å². The van der Waals surface area contributed by atoms with Crippen molar-refractivity contribution in [1.29, 1.82) is 0 Å². The highest BCUT2D eigenvalue weighted by atomic mass is 16.5. The first kappa shape index (κ1) is 16.4. The number of carbonyl (C=O) groups excluding carboxylic acids is 2. The Labute approximate surface area is 141 Å². The zero-order chi connectivity index (χ0) is 17.3.